The van der Waals surface area contributed by atoms with Crippen LogP contribution >= 0.6 is 0 Å². The van der Waals surface area contributed by atoms with E-state index in [2.05, 4.69) is 49.8 Å². The first kappa shape index (κ1) is 32.9. The largest absolute Gasteiger partial charge is 0.465 e. The molecule has 0 bridgehead atoms. The zero-order chi connectivity index (χ0) is 29.3. The SMILES string of the molecule is CC(C)[C@@H](C(=O)N[C@@H](CCCNC(N)=O)C(=O)Nc1ccc(CO[Si](C)(C)C(C)(C)C)cc1)N(C)C(=O)O. The Morgan fingerprint density at radius 3 is 2.13 bits per heavy atom. The minimum atomic E-state index is -1.90. The van der Waals surface area contributed by atoms with Gasteiger partial charge in [-0.25, -0.2) is 9.59 Å². The molecular formula is C26H45N5O6Si. The van der Waals surface area contributed by atoms with Crippen LogP contribution in [0.3, 0.4) is 0 Å². The Balaban J connectivity index is 2.95. The number of benzene rings is 1. The molecule has 2 atom stereocenters. The highest BCUT2D eigenvalue weighted by molar-refractivity contribution is 6.74. The zero-order valence-electron chi connectivity index (χ0n) is 23.9. The Morgan fingerprint density at radius 2 is 1.66 bits per heavy atom. The van der Waals surface area contributed by atoms with Crippen LogP contribution in [-0.4, -0.2) is 67.9 Å². The Kier molecular flexibility index (Phi) is 12.2. The van der Waals surface area contributed by atoms with Gasteiger partial charge in [0.2, 0.25) is 11.8 Å². The molecule has 214 valence electrons. The Bertz CT molecular complexity index is 962. The molecule has 0 spiro atoms. The van der Waals surface area contributed by atoms with E-state index in [-0.39, 0.29) is 23.9 Å². The highest BCUT2D eigenvalue weighted by atomic mass is 28.4. The number of primary amides is 1. The summed E-state index contributed by atoms with van der Waals surface area (Å²) in [5, 5.41) is 17.4. The van der Waals surface area contributed by atoms with Crippen molar-refractivity contribution in [3.05, 3.63) is 29.8 Å². The molecular weight excluding hydrogens is 506 g/mol. The lowest BCUT2D eigenvalue weighted by atomic mass is 10.0. The van der Waals surface area contributed by atoms with Gasteiger partial charge in [0.1, 0.15) is 12.1 Å². The fraction of sp³-hybridized carbons (Fsp3) is 0.615. The molecule has 0 aliphatic rings. The van der Waals surface area contributed by atoms with Gasteiger partial charge in [-0.3, -0.25) is 14.5 Å². The van der Waals surface area contributed by atoms with E-state index in [4.69, 9.17) is 10.2 Å². The molecule has 5 amide bonds. The van der Waals surface area contributed by atoms with E-state index in [0.29, 0.717) is 18.7 Å². The van der Waals surface area contributed by atoms with E-state index in [1.54, 1.807) is 26.0 Å². The van der Waals surface area contributed by atoms with E-state index < -0.39 is 44.3 Å². The van der Waals surface area contributed by atoms with Crippen LogP contribution in [0.25, 0.3) is 0 Å². The van der Waals surface area contributed by atoms with Crippen molar-refractivity contribution in [1.29, 1.82) is 0 Å². The summed E-state index contributed by atoms with van der Waals surface area (Å²) in [6.07, 6.45) is -0.674. The molecule has 1 aromatic carbocycles. The van der Waals surface area contributed by atoms with Crippen LogP contribution in [0.2, 0.25) is 18.1 Å². The van der Waals surface area contributed by atoms with Gasteiger partial charge in [0.05, 0.1) is 6.61 Å². The number of carbonyl (C=O) groups excluding carboxylic acids is 3. The van der Waals surface area contributed by atoms with Gasteiger partial charge in [0, 0.05) is 19.3 Å². The maximum absolute atomic E-state index is 13.1. The summed E-state index contributed by atoms with van der Waals surface area (Å²) in [4.78, 5) is 49.5. The zero-order valence-corrected chi connectivity index (χ0v) is 24.9. The summed E-state index contributed by atoms with van der Waals surface area (Å²) in [7, 11) is -0.584. The number of urea groups is 1. The average molecular weight is 552 g/mol. The Morgan fingerprint density at radius 1 is 1.08 bits per heavy atom. The van der Waals surface area contributed by atoms with E-state index in [1.807, 2.05) is 12.1 Å². The van der Waals surface area contributed by atoms with Crippen molar-refractivity contribution < 1.29 is 28.7 Å². The molecule has 0 saturated carbocycles. The van der Waals surface area contributed by atoms with Gasteiger partial charge in [-0.15, -0.1) is 0 Å². The summed E-state index contributed by atoms with van der Waals surface area (Å²) in [5.41, 5.74) is 6.62. The van der Waals surface area contributed by atoms with E-state index >= 15 is 0 Å². The fourth-order valence-corrected chi connectivity index (χ4v) is 4.44. The molecule has 0 aromatic heterocycles. The number of carboxylic acid groups (broad SMARTS) is 1. The number of carbonyl (C=O) groups is 4. The molecule has 6 N–H and O–H groups in total. The number of hydrogen-bond acceptors (Lipinski definition) is 5. The van der Waals surface area contributed by atoms with Crippen LogP contribution in [-0.2, 0) is 20.6 Å². The lowest BCUT2D eigenvalue weighted by molar-refractivity contribution is -0.130. The summed E-state index contributed by atoms with van der Waals surface area (Å²) in [5.74, 6) is -1.35. The summed E-state index contributed by atoms with van der Waals surface area (Å²) < 4.78 is 6.25. The predicted molar refractivity (Wildman–Crippen MR) is 150 cm³/mol. The first-order chi connectivity index (χ1) is 17.5. The Labute approximate surface area is 227 Å². The Hall–Kier alpha value is -3.12. The first-order valence-corrected chi connectivity index (χ1v) is 15.7. The minimum absolute atomic E-state index is 0.0984. The molecule has 0 heterocycles. The van der Waals surface area contributed by atoms with Crippen LogP contribution in [0, 0.1) is 5.92 Å². The van der Waals surface area contributed by atoms with Crippen LogP contribution in [0.4, 0.5) is 15.3 Å². The first-order valence-electron chi connectivity index (χ1n) is 12.8. The van der Waals surface area contributed by atoms with Gasteiger partial charge in [-0.1, -0.05) is 46.8 Å². The van der Waals surface area contributed by atoms with Crippen molar-refractivity contribution in [3.8, 4) is 0 Å². The number of hydrogen-bond donors (Lipinski definition) is 5. The van der Waals surface area contributed by atoms with Crippen molar-refractivity contribution in [1.82, 2.24) is 15.5 Å². The standard InChI is InChI=1S/C26H45N5O6Si/c1-17(2)21(31(6)25(35)36)23(33)30-20(10-9-15-28-24(27)34)22(32)29-19-13-11-18(12-14-19)16-37-38(7,8)26(3,4)5/h11-14,17,20-21H,9-10,15-16H2,1-8H3,(H,29,32)(H,30,33)(H,35,36)(H3,27,28,34)/t20-,21-/m0/s1. The maximum atomic E-state index is 13.1. The molecule has 0 radical (unpaired) electrons. The number of rotatable bonds is 13. The van der Waals surface area contributed by atoms with Crippen LogP contribution in [0.5, 0.6) is 0 Å². The van der Waals surface area contributed by atoms with E-state index in [9.17, 15) is 24.3 Å². The molecule has 0 aliphatic heterocycles. The van der Waals surface area contributed by atoms with Gasteiger partial charge in [0.15, 0.2) is 8.32 Å². The third-order valence-electron chi connectivity index (χ3n) is 6.85. The number of nitrogens with zero attached hydrogens (tertiary/aromatic N) is 1. The van der Waals surface area contributed by atoms with Crippen LogP contribution in [0.15, 0.2) is 24.3 Å². The highest BCUT2D eigenvalue weighted by Gasteiger charge is 2.37. The van der Waals surface area contributed by atoms with Gasteiger partial charge < -0.3 is 31.2 Å². The number of nitrogens with two attached hydrogens (primary N) is 1. The molecule has 12 heteroatoms. The molecule has 0 fully saturated rings. The fourth-order valence-electron chi connectivity index (χ4n) is 3.48. The summed E-state index contributed by atoms with van der Waals surface area (Å²) >= 11 is 0. The molecule has 11 nitrogen and oxygen atoms in total. The second-order valence-corrected chi connectivity index (χ2v) is 16.1. The molecule has 0 saturated heterocycles. The normalized spacial score (nSPS) is 13.4. The smallest absolute Gasteiger partial charge is 0.407 e. The molecule has 1 aromatic rings. The van der Waals surface area contributed by atoms with Gasteiger partial charge in [-0.05, 0) is 54.6 Å². The van der Waals surface area contributed by atoms with Crippen molar-refractivity contribution in [2.45, 2.75) is 84.3 Å². The average Bonchev–Trinajstić information content (AvgIpc) is 2.79. The van der Waals surface area contributed by atoms with Gasteiger partial charge >= 0.3 is 12.1 Å². The number of anilines is 1. The number of nitrogens with one attached hydrogen (secondary N) is 3. The molecule has 1 rings (SSSR count). The monoisotopic (exact) mass is 551 g/mol. The van der Waals surface area contributed by atoms with E-state index in [0.717, 1.165) is 10.5 Å². The van der Waals surface area contributed by atoms with E-state index in [1.165, 1.54) is 7.05 Å². The van der Waals surface area contributed by atoms with Crippen LogP contribution < -0.4 is 21.7 Å². The predicted octanol–water partition coefficient (Wildman–Crippen LogP) is 3.71. The topological polar surface area (TPSA) is 163 Å². The number of amides is 5. The number of likely N-dealkylation sites (N-methyl/N-ethyl adjacent to an activating group) is 1. The van der Waals surface area contributed by atoms with Gasteiger partial charge in [0.25, 0.3) is 0 Å². The second-order valence-electron chi connectivity index (χ2n) is 11.3. The lowest BCUT2D eigenvalue weighted by Gasteiger charge is -2.36. The molecule has 38 heavy (non-hydrogen) atoms. The second kappa shape index (κ2) is 14.1. The van der Waals surface area contributed by atoms with Gasteiger partial charge in [-0.2, -0.15) is 0 Å². The molecule has 0 unspecified atom stereocenters. The summed E-state index contributed by atoms with van der Waals surface area (Å²) in [6, 6.07) is 4.67. The minimum Gasteiger partial charge on any atom is -0.465 e. The van der Waals surface area contributed by atoms with Crippen LogP contribution in [0.1, 0.15) is 53.0 Å². The summed E-state index contributed by atoms with van der Waals surface area (Å²) in [6.45, 7) is 15.1. The highest BCUT2D eigenvalue weighted by Crippen LogP contribution is 2.37. The third-order valence-corrected chi connectivity index (χ3v) is 11.3. The van der Waals surface area contributed by atoms with Crippen molar-refractivity contribution in [3.63, 3.8) is 0 Å². The lowest BCUT2D eigenvalue weighted by Crippen LogP contribution is -2.54. The quantitative estimate of drug-likeness (QED) is 0.185. The van der Waals surface area contributed by atoms with Crippen molar-refractivity contribution in [2.24, 2.45) is 11.7 Å². The molecule has 0 aliphatic carbocycles. The maximum Gasteiger partial charge on any atom is 0.407 e. The van der Waals surface area contributed by atoms with Crippen molar-refractivity contribution in [2.75, 3.05) is 18.9 Å². The van der Waals surface area contributed by atoms with Crippen molar-refractivity contribution >= 4 is 37.9 Å². The third kappa shape index (κ3) is 10.3.